The highest BCUT2D eigenvalue weighted by atomic mass is 79.9. The first kappa shape index (κ1) is 25.6. The van der Waals surface area contributed by atoms with E-state index in [0.717, 1.165) is 14.9 Å². The number of nitro benzene ring substituents is 1. The number of carbonyl (C=O) groups excluding carboxylic acids is 3. The Morgan fingerprint density at radius 2 is 1.83 bits per heavy atom. The van der Waals surface area contributed by atoms with Crippen molar-refractivity contribution in [1.82, 2.24) is 4.90 Å². The molecule has 11 heteroatoms. The molecule has 0 bridgehead atoms. The lowest BCUT2D eigenvalue weighted by molar-refractivity contribution is -0.384. The third-order valence-corrected chi connectivity index (χ3v) is 6.94. The molecule has 0 radical (unpaired) electrons. The van der Waals surface area contributed by atoms with Crippen LogP contribution in [0.4, 0.5) is 10.5 Å². The molecule has 0 saturated carbocycles. The predicted octanol–water partition coefficient (Wildman–Crippen LogP) is 6.51. The van der Waals surface area contributed by atoms with Crippen LogP contribution in [0, 0.1) is 10.1 Å². The Bertz CT molecular complexity index is 1410. The molecule has 182 valence electrons. The number of imide groups is 1. The third kappa shape index (κ3) is 5.84. The van der Waals surface area contributed by atoms with Gasteiger partial charge in [-0.3, -0.25) is 29.4 Å². The number of nitrogens with zero attached hydrogens (tertiary/aromatic N) is 2. The van der Waals surface area contributed by atoms with Gasteiger partial charge in [-0.05, 0) is 54.2 Å². The summed E-state index contributed by atoms with van der Waals surface area (Å²) < 4.78 is 6.68. The summed E-state index contributed by atoms with van der Waals surface area (Å²) in [5.74, 6) is -0.649. The molecule has 8 nitrogen and oxygen atoms in total. The summed E-state index contributed by atoms with van der Waals surface area (Å²) in [5.41, 5.74) is 1.34. The Balaban J connectivity index is 1.51. The van der Waals surface area contributed by atoms with Crippen molar-refractivity contribution in [1.29, 1.82) is 0 Å². The van der Waals surface area contributed by atoms with Gasteiger partial charge in [-0.1, -0.05) is 45.7 Å². The zero-order chi connectivity index (χ0) is 25.8. The van der Waals surface area contributed by atoms with Crippen molar-refractivity contribution in [3.05, 3.63) is 108 Å². The number of thioether (sulfide) groups is 1. The van der Waals surface area contributed by atoms with Crippen LogP contribution in [0.5, 0.6) is 5.75 Å². The van der Waals surface area contributed by atoms with Crippen LogP contribution in [0.25, 0.3) is 6.08 Å². The minimum absolute atomic E-state index is 0.136. The summed E-state index contributed by atoms with van der Waals surface area (Å²) in [7, 11) is 0. The topological polar surface area (TPSA) is 107 Å². The highest BCUT2D eigenvalue weighted by Gasteiger charge is 2.36. The molecule has 1 aliphatic heterocycles. The van der Waals surface area contributed by atoms with Gasteiger partial charge in [0.15, 0.2) is 5.78 Å². The molecule has 3 aromatic rings. The maximum absolute atomic E-state index is 13.0. The van der Waals surface area contributed by atoms with E-state index in [0.29, 0.717) is 28.1 Å². The molecule has 0 unspecified atom stereocenters. The number of carbonyl (C=O) groups is 3. The number of hydrogen-bond acceptors (Lipinski definition) is 7. The lowest BCUT2D eigenvalue weighted by Crippen LogP contribution is -2.33. The van der Waals surface area contributed by atoms with Gasteiger partial charge >= 0.3 is 0 Å². The molecule has 0 spiro atoms. The normalized spacial score (nSPS) is 14.4. The van der Waals surface area contributed by atoms with Crippen molar-refractivity contribution in [2.24, 2.45) is 0 Å². The number of amides is 2. The van der Waals surface area contributed by atoms with Crippen LogP contribution in [0.3, 0.4) is 0 Å². The van der Waals surface area contributed by atoms with Gasteiger partial charge in [-0.15, -0.1) is 0 Å². The number of rotatable bonds is 8. The molecule has 3 aromatic carbocycles. The van der Waals surface area contributed by atoms with Gasteiger partial charge in [-0.2, -0.15) is 0 Å². The molecule has 4 rings (SSSR count). The number of hydrogen-bond donors (Lipinski definition) is 0. The standard InChI is InChI=1S/C25H16BrClN2O6S/c26-18-7-10-22(35-14-16-3-1-2-4-20(16)27)17(11-18)12-23-24(31)28(25(32)36-23)13-21(30)15-5-8-19(9-6-15)29(33)34/h1-12H,13-14H2/b23-12+. The monoisotopic (exact) mass is 586 g/mol. The molecule has 36 heavy (non-hydrogen) atoms. The van der Waals surface area contributed by atoms with E-state index in [-0.39, 0.29) is 22.8 Å². The molecule has 0 atom stereocenters. The largest absolute Gasteiger partial charge is 0.488 e. The van der Waals surface area contributed by atoms with Crippen molar-refractivity contribution < 1.29 is 24.0 Å². The Morgan fingerprint density at radius 1 is 1.11 bits per heavy atom. The van der Waals surface area contributed by atoms with E-state index >= 15 is 0 Å². The summed E-state index contributed by atoms with van der Waals surface area (Å²) in [6.07, 6.45) is 1.54. The van der Waals surface area contributed by atoms with Crippen LogP contribution in [0.1, 0.15) is 21.5 Å². The maximum atomic E-state index is 13.0. The van der Waals surface area contributed by atoms with Crippen molar-refractivity contribution in [3.8, 4) is 5.75 Å². The maximum Gasteiger partial charge on any atom is 0.293 e. The van der Waals surface area contributed by atoms with Crippen LogP contribution in [0.15, 0.2) is 76.1 Å². The average molecular weight is 588 g/mol. The van der Waals surface area contributed by atoms with E-state index < -0.39 is 28.4 Å². The summed E-state index contributed by atoms with van der Waals surface area (Å²) in [5, 5.41) is 10.8. The van der Waals surface area contributed by atoms with Gasteiger partial charge in [0.25, 0.3) is 16.8 Å². The van der Waals surface area contributed by atoms with E-state index in [1.54, 1.807) is 24.3 Å². The number of Topliss-reactive ketones (excluding diaryl/α,β-unsaturated/α-hetero) is 1. The minimum atomic E-state index is -0.614. The second-order valence-electron chi connectivity index (χ2n) is 7.56. The molecule has 0 aliphatic carbocycles. The van der Waals surface area contributed by atoms with E-state index in [9.17, 15) is 24.5 Å². The van der Waals surface area contributed by atoms with Crippen molar-refractivity contribution in [2.75, 3.05) is 6.54 Å². The number of nitro groups is 1. The van der Waals surface area contributed by atoms with Crippen LogP contribution in [-0.2, 0) is 11.4 Å². The van der Waals surface area contributed by atoms with Crippen LogP contribution in [0.2, 0.25) is 5.02 Å². The van der Waals surface area contributed by atoms with E-state index in [1.807, 2.05) is 18.2 Å². The Hall–Kier alpha value is -3.47. The van der Waals surface area contributed by atoms with E-state index in [4.69, 9.17) is 16.3 Å². The first-order valence-corrected chi connectivity index (χ1v) is 12.4. The summed E-state index contributed by atoms with van der Waals surface area (Å²) in [6, 6.07) is 17.5. The van der Waals surface area contributed by atoms with E-state index in [1.165, 1.54) is 30.3 Å². The van der Waals surface area contributed by atoms with E-state index in [2.05, 4.69) is 15.9 Å². The van der Waals surface area contributed by atoms with Gasteiger partial charge in [0.05, 0.1) is 16.4 Å². The quantitative estimate of drug-likeness (QED) is 0.128. The smallest absolute Gasteiger partial charge is 0.293 e. The van der Waals surface area contributed by atoms with Crippen LogP contribution in [-0.4, -0.2) is 33.3 Å². The highest BCUT2D eigenvalue weighted by Crippen LogP contribution is 2.35. The molecule has 0 N–H and O–H groups in total. The molecule has 0 aromatic heterocycles. The Labute approximate surface area is 223 Å². The number of ether oxygens (including phenoxy) is 1. The summed E-state index contributed by atoms with van der Waals surface area (Å²) >= 11 is 10.3. The first-order valence-electron chi connectivity index (χ1n) is 10.4. The van der Waals surface area contributed by atoms with Gasteiger partial charge in [-0.25, -0.2) is 0 Å². The average Bonchev–Trinajstić information content (AvgIpc) is 3.11. The zero-order valence-electron chi connectivity index (χ0n) is 18.4. The summed E-state index contributed by atoms with van der Waals surface area (Å²) in [6.45, 7) is -0.276. The summed E-state index contributed by atoms with van der Waals surface area (Å²) in [4.78, 5) is 49.3. The predicted molar refractivity (Wildman–Crippen MR) is 140 cm³/mol. The lowest BCUT2D eigenvalue weighted by Gasteiger charge is -2.12. The minimum Gasteiger partial charge on any atom is -0.488 e. The van der Waals surface area contributed by atoms with Gasteiger partial charge in [0.2, 0.25) is 0 Å². The van der Waals surface area contributed by atoms with Gasteiger partial charge in [0.1, 0.15) is 12.4 Å². The number of ketones is 1. The number of halogens is 2. The number of benzene rings is 3. The molecule has 1 heterocycles. The second kappa shape index (κ2) is 11.1. The SMILES string of the molecule is O=C(CN1C(=O)S/C(=C/c2cc(Br)ccc2OCc2ccccc2Cl)C1=O)c1ccc([N+](=O)[O-])cc1. The van der Waals surface area contributed by atoms with Crippen LogP contribution < -0.4 is 4.74 Å². The zero-order valence-corrected chi connectivity index (χ0v) is 21.5. The fourth-order valence-corrected chi connectivity index (χ4v) is 4.71. The molecular weight excluding hydrogens is 572 g/mol. The molecule has 1 aliphatic rings. The highest BCUT2D eigenvalue weighted by molar-refractivity contribution is 9.10. The Kier molecular flexibility index (Phi) is 7.88. The molecule has 2 amide bonds. The van der Waals surface area contributed by atoms with Gasteiger partial charge < -0.3 is 4.74 Å². The first-order chi connectivity index (χ1) is 17.2. The fourth-order valence-electron chi connectivity index (χ4n) is 3.32. The molecule has 1 fully saturated rings. The van der Waals surface area contributed by atoms with Crippen molar-refractivity contribution in [3.63, 3.8) is 0 Å². The van der Waals surface area contributed by atoms with Crippen molar-refractivity contribution in [2.45, 2.75) is 6.61 Å². The van der Waals surface area contributed by atoms with Crippen LogP contribution >= 0.6 is 39.3 Å². The van der Waals surface area contributed by atoms with Gasteiger partial charge in [0, 0.05) is 38.3 Å². The molecule has 1 saturated heterocycles. The van der Waals surface area contributed by atoms with Crippen molar-refractivity contribution >= 4 is 68.0 Å². The lowest BCUT2D eigenvalue weighted by atomic mass is 10.1. The molecular formula is C25H16BrClN2O6S. The third-order valence-electron chi connectivity index (χ3n) is 5.17. The fraction of sp³-hybridized carbons (Fsp3) is 0.0800. The Morgan fingerprint density at radius 3 is 2.53 bits per heavy atom. The number of non-ortho nitro benzene ring substituents is 1. The second-order valence-corrected chi connectivity index (χ2v) is 9.87.